The molecule has 1 aromatic rings. The lowest BCUT2D eigenvalue weighted by molar-refractivity contribution is -0.124. The fraction of sp³-hybridized carbons (Fsp3) is 0.333. The van der Waals surface area contributed by atoms with Gasteiger partial charge in [-0.2, -0.15) is 0 Å². The van der Waals surface area contributed by atoms with Gasteiger partial charge in [0.1, 0.15) is 6.04 Å². The van der Waals surface area contributed by atoms with E-state index >= 15 is 0 Å². The van der Waals surface area contributed by atoms with Gasteiger partial charge in [-0.05, 0) is 31.0 Å². The number of benzene rings is 1. The molecule has 0 spiro atoms. The van der Waals surface area contributed by atoms with Crippen molar-refractivity contribution in [2.24, 2.45) is 5.84 Å². The largest absolute Gasteiger partial charge is 0.354 e. The fourth-order valence-electron chi connectivity index (χ4n) is 1.98. The molecule has 0 bridgehead atoms. The van der Waals surface area contributed by atoms with Crippen molar-refractivity contribution >= 4 is 29.1 Å². The van der Waals surface area contributed by atoms with E-state index in [0.717, 1.165) is 6.42 Å². The third kappa shape index (κ3) is 3.15. The highest BCUT2D eigenvalue weighted by atomic mass is 35.5. The summed E-state index contributed by atoms with van der Waals surface area (Å²) in [6, 6.07) is 4.23. The van der Waals surface area contributed by atoms with Crippen LogP contribution in [0.5, 0.6) is 0 Å². The lowest BCUT2D eigenvalue weighted by Crippen LogP contribution is -2.50. The zero-order chi connectivity index (χ0) is 13.8. The average molecular weight is 283 g/mol. The van der Waals surface area contributed by atoms with Crippen molar-refractivity contribution in [2.75, 3.05) is 12.0 Å². The summed E-state index contributed by atoms with van der Waals surface area (Å²) in [4.78, 5) is 23.7. The molecule has 1 heterocycles. The van der Waals surface area contributed by atoms with E-state index in [0.29, 0.717) is 29.2 Å². The van der Waals surface area contributed by atoms with Crippen molar-refractivity contribution in [3.8, 4) is 0 Å². The molecule has 1 aliphatic heterocycles. The molecule has 1 aromatic carbocycles. The number of hydrogen-bond acceptors (Lipinski definition) is 4. The molecule has 0 aromatic heterocycles. The summed E-state index contributed by atoms with van der Waals surface area (Å²) < 4.78 is 0. The van der Waals surface area contributed by atoms with Crippen LogP contribution in [0.1, 0.15) is 23.2 Å². The Balaban J connectivity index is 2.15. The van der Waals surface area contributed by atoms with Gasteiger partial charge >= 0.3 is 0 Å². The number of nitrogens with two attached hydrogens (primary N) is 1. The molecule has 0 aliphatic carbocycles. The van der Waals surface area contributed by atoms with Crippen LogP contribution in [0.2, 0.25) is 5.02 Å². The topological polar surface area (TPSA) is 96.2 Å². The van der Waals surface area contributed by atoms with Crippen LogP contribution in [0, 0.1) is 0 Å². The minimum absolute atomic E-state index is 0.163. The molecule has 0 radical (unpaired) electrons. The minimum atomic E-state index is -0.508. The summed E-state index contributed by atoms with van der Waals surface area (Å²) in [5.74, 6) is 4.81. The van der Waals surface area contributed by atoms with Gasteiger partial charge in [-0.1, -0.05) is 11.6 Å². The molecule has 102 valence electrons. The number of carbonyl (C=O) groups excluding carboxylic acids is 2. The van der Waals surface area contributed by atoms with E-state index in [1.54, 1.807) is 12.1 Å². The van der Waals surface area contributed by atoms with Gasteiger partial charge in [-0.25, -0.2) is 0 Å². The molecule has 1 unspecified atom stereocenters. The summed E-state index contributed by atoms with van der Waals surface area (Å²) in [7, 11) is 0. The number of halogens is 1. The summed E-state index contributed by atoms with van der Waals surface area (Å²) in [5.41, 5.74) is 3.20. The van der Waals surface area contributed by atoms with Crippen LogP contribution in [-0.2, 0) is 4.79 Å². The van der Waals surface area contributed by atoms with Gasteiger partial charge in [0.05, 0.1) is 11.3 Å². The van der Waals surface area contributed by atoms with Crippen molar-refractivity contribution in [3.63, 3.8) is 0 Å². The van der Waals surface area contributed by atoms with Crippen molar-refractivity contribution in [1.29, 1.82) is 0 Å². The molecule has 5 N–H and O–H groups in total. The predicted molar refractivity (Wildman–Crippen MR) is 72.8 cm³/mol. The normalized spacial score (nSPS) is 18.6. The van der Waals surface area contributed by atoms with Gasteiger partial charge in [-0.15, -0.1) is 0 Å². The second-order valence-electron chi connectivity index (χ2n) is 4.29. The molecular weight excluding hydrogens is 268 g/mol. The Labute approximate surface area is 115 Å². The second-order valence-corrected chi connectivity index (χ2v) is 4.73. The standard InChI is InChI=1S/C12H15ClN4O2/c13-7-3-4-9(17-14)8(6-7)11(18)16-10-2-1-5-15-12(10)19/h3-4,6,10,17H,1-2,5,14H2,(H,15,19)(H,16,18). The van der Waals surface area contributed by atoms with Gasteiger partial charge in [0.25, 0.3) is 5.91 Å². The van der Waals surface area contributed by atoms with Crippen molar-refractivity contribution in [1.82, 2.24) is 10.6 Å². The quantitative estimate of drug-likeness (QED) is 0.483. The van der Waals surface area contributed by atoms with Crippen molar-refractivity contribution < 1.29 is 9.59 Å². The zero-order valence-corrected chi connectivity index (χ0v) is 11.0. The predicted octanol–water partition coefficient (Wildman–Crippen LogP) is 0.634. The second kappa shape index (κ2) is 5.90. The van der Waals surface area contributed by atoms with E-state index in [-0.39, 0.29) is 11.8 Å². The number of rotatable bonds is 3. The van der Waals surface area contributed by atoms with Crippen LogP contribution in [0.4, 0.5) is 5.69 Å². The van der Waals surface area contributed by atoms with E-state index in [1.807, 2.05) is 0 Å². The third-order valence-electron chi connectivity index (χ3n) is 2.97. The highest BCUT2D eigenvalue weighted by Gasteiger charge is 2.24. The molecule has 1 aliphatic rings. The summed E-state index contributed by atoms with van der Waals surface area (Å²) in [5, 5.41) is 5.82. The van der Waals surface area contributed by atoms with E-state index in [4.69, 9.17) is 17.4 Å². The van der Waals surface area contributed by atoms with Gasteiger partial charge in [0, 0.05) is 11.6 Å². The zero-order valence-electron chi connectivity index (χ0n) is 10.2. The van der Waals surface area contributed by atoms with Crippen molar-refractivity contribution in [2.45, 2.75) is 18.9 Å². The number of hydrogen-bond donors (Lipinski definition) is 4. The van der Waals surface area contributed by atoms with E-state index in [1.165, 1.54) is 6.07 Å². The van der Waals surface area contributed by atoms with Gasteiger partial charge in [0.2, 0.25) is 5.91 Å². The Morgan fingerprint density at radius 1 is 1.47 bits per heavy atom. The van der Waals surface area contributed by atoms with Crippen LogP contribution >= 0.6 is 11.6 Å². The van der Waals surface area contributed by atoms with Crippen LogP contribution in [-0.4, -0.2) is 24.4 Å². The Morgan fingerprint density at radius 2 is 2.26 bits per heavy atom. The van der Waals surface area contributed by atoms with Crippen molar-refractivity contribution in [3.05, 3.63) is 28.8 Å². The number of carbonyl (C=O) groups is 2. The van der Waals surface area contributed by atoms with Gasteiger partial charge in [0.15, 0.2) is 0 Å². The summed E-state index contributed by atoms with van der Waals surface area (Å²) in [6.07, 6.45) is 1.47. The lowest BCUT2D eigenvalue weighted by Gasteiger charge is -2.23. The summed E-state index contributed by atoms with van der Waals surface area (Å²) in [6.45, 7) is 0.651. The Hall–Kier alpha value is -1.79. The molecule has 7 heteroatoms. The average Bonchev–Trinajstić information content (AvgIpc) is 2.41. The van der Waals surface area contributed by atoms with Crippen LogP contribution < -0.4 is 21.9 Å². The molecule has 6 nitrogen and oxygen atoms in total. The van der Waals surface area contributed by atoms with E-state index in [2.05, 4.69) is 16.1 Å². The molecular formula is C12H15ClN4O2. The maximum atomic E-state index is 12.1. The van der Waals surface area contributed by atoms with Crippen LogP contribution in [0.3, 0.4) is 0 Å². The number of anilines is 1. The Kier molecular flexibility index (Phi) is 4.24. The first kappa shape index (κ1) is 13.6. The number of nitrogens with one attached hydrogen (secondary N) is 3. The van der Waals surface area contributed by atoms with Gasteiger partial charge in [-0.3, -0.25) is 15.4 Å². The molecule has 0 saturated carbocycles. The first-order valence-electron chi connectivity index (χ1n) is 5.96. The maximum Gasteiger partial charge on any atom is 0.254 e. The minimum Gasteiger partial charge on any atom is -0.354 e. The number of amides is 2. The first-order chi connectivity index (χ1) is 9.11. The lowest BCUT2D eigenvalue weighted by atomic mass is 10.1. The number of piperidine rings is 1. The Morgan fingerprint density at radius 3 is 2.95 bits per heavy atom. The summed E-state index contributed by atoms with van der Waals surface area (Å²) >= 11 is 5.86. The van der Waals surface area contributed by atoms with Crippen LogP contribution in [0.15, 0.2) is 18.2 Å². The number of nitrogen functional groups attached to an aromatic ring is 1. The molecule has 1 atom stereocenters. The highest BCUT2D eigenvalue weighted by Crippen LogP contribution is 2.20. The SMILES string of the molecule is NNc1ccc(Cl)cc1C(=O)NC1CCCNC1=O. The number of hydrazine groups is 1. The highest BCUT2D eigenvalue weighted by molar-refractivity contribution is 6.31. The smallest absolute Gasteiger partial charge is 0.254 e. The molecule has 1 fully saturated rings. The van der Waals surface area contributed by atoms with E-state index in [9.17, 15) is 9.59 Å². The van der Waals surface area contributed by atoms with Gasteiger partial charge < -0.3 is 16.1 Å². The molecule has 2 amide bonds. The van der Waals surface area contributed by atoms with E-state index < -0.39 is 6.04 Å². The fourth-order valence-corrected chi connectivity index (χ4v) is 2.15. The molecule has 2 rings (SSSR count). The molecule has 19 heavy (non-hydrogen) atoms. The van der Waals surface area contributed by atoms with Crippen LogP contribution in [0.25, 0.3) is 0 Å². The maximum absolute atomic E-state index is 12.1. The first-order valence-corrected chi connectivity index (χ1v) is 6.34. The monoisotopic (exact) mass is 282 g/mol. The third-order valence-corrected chi connectivity index (χ3v) is 3.21. The Bertz CT molecular complexity index is 507. The molecule has 1 saturated heterocycles.